The number of rotatable bonds is 5. The second-order valence-electron chi connectivity index (χ2n) is 4.60. The Morgan fingerprint density at radius 1 is 1.05 bits per heavy atom. The Labute approximate surface area is 114 Å². The number of benzene rings is 2. The molecule has 0 radical (unpaired) electrons. The van der Waals surface area contributed by atoms with Gasteiger partial charge in [0, 0.05) is 0 Å². The molecular weight excluding hydrogens is 234 g/mol. The van der Waals surface area contributed by atoms with Gasteiger partial charge in [0.2, 0.25) is 0 Å². The molecule has 2 aromatic rings. The molecule has 0 spiro atoms. The van der Waals surface area contributed by atoms with Crippen molar-refractivity contribution in [3.63, 3.8) is 0 Å². The predicted molar refractivity (Wildman–Crippen MR) is 79.4 cm³/mol. The first-order valence-corrected chi connectivity index (χ1v) is 6.58. The Bertz CT molecular complexity index is 561. The van der Waals surface area contributed by atoms with Crippen LogP contribution in [0.15, 0.2) is 53.7 Å². The van der Waals surface area contributed by atoms with Crippen LogP contribution < -0.4 is 0 Å². The van der Waals surface area contributed by atoms with Crippen LogP contribution >= 0.6 is 0 Å². The van der Waals surface area contributed by atoms with Gasteiger partial charge in [-0.2, -0.15) is 0 Å². The Morgan fingerprint density at radius 3 is 2.63 bits per heavy atom. The Balaban J connectivity index is 1.89. The van der Waals surface area contributed by atoms with Gasteiger partial charge in [0.25, 0.3) is 0 Å². The highest BCUT2D eigenvalue weighted by molar-refractivity contribution is 5.79. The summed E-state index contributed by atoms with van der Waals surface area (Å²) in [7, 11) is 0. The Kier molecular flexibility index (Phi) is 4.73. The molecule has 0 fully saturated rings. The molecule has 2 heteroatoms. The molecule has 0 bridgehead atoms. The molecule has 0 aliphatic rings. The summed E-state index contributed by atoms with van der Waals surface area (Å²) in [4.78, 5) is 5.32. The van der Waals surface area contributed by atoms with E-state index in [1.807, 2.05) is 24.3 Å². The van der Waals surface area contributed by atoms with Gasteiger partial charge in [0.05, 0.1) is 6.21 Å². The van der Waals surface area contributed by atoms with E-state index in [1.165, 1.54) is 11.1 Å². The second-order valence-corrected chi connectivity index (χ2v) is 4.60. The fourth-order valence-corrected chi connectivity index (χ4v) is 1.91. The Hall–Kier alpha value is -2.09. The van der Waals surface area contributed by atoms with E-state index in [-0.39, 0.29) is 0 Å². The number of aryl methyl sites for hydroxylation is 2. The topological polar surface area (TPSA) is 21.6 Å². The molecule has 19 heavy (non-hydrogen) atoms. The van der Waals surface area contributed by atoms with Gasteiger partial charge in [-0.15, -0.1) is 0 Å². The second kappa shape index (κ2) is 6.74. The van der Waals surface area contributed by atoms with Crippen molar-refractivity contribution >= 4 is 6.21 Å². The number of nitrogens with zero attached hydrogens (tertiary/aromatic N) is 1. The van der Waals surface area contributed by atoms with Crippen LogP contribution in [0.5, 0.6) is 0 Å². The van der Waals surface area contributed by atoms with Crippen molar-refractivity contribution in [1.82, 2.24) is 0 Å². The van der Waals surface area contributed by atoms with E-state index in [0.29, 0.717) is 6.61 Å². The lowest BCUT2D eigenvalue weighted by Gasteiger charge is -2.01. The van der Waals surface area contributed by atoms with Gasteiger partial charge < -0.3 is 4.84 Å². The maximum atomic E-state index is 5.32. The maximum absolute atomic E-state index is 5.32. The van der Waals surface area contributed by atoms with Crippen molar-refractivity contribution in [1.29, 1.82) is 0 Å². The van der Waals surface area contributed by atoms with E-state index in [0.717, 1.165) is 17.5 Å². The van der Waals surface area contributed by atoms with Gasteiger partial charge >= 0.3 is 0 Å². The minimum Gasteiger partial charge on any atom is -0.391 e. The van der Waals surface area contributed by atoms with Crippen LogP contribution in [-0.2, 0) is 17.9 Å². The highest BCUT2D eigenvalue weighted by atomic mass is 16.6. The molecule has 98 valence electrons. The van der Waals surface area contributed by atoms with E-state index in [2.05, 4.69) is 43.3 Å². The summed E-state index contributed by atoms with van der Waals surface area (Å²) >= 11 is 0. The van der Waals surface area contributed by atoms with E-state index < -0.39 is 0 Å². The molecule has 0 atom stereocenters. The average molecular weight is 253 g/mol. The Morgan fingerprint density at radius 2 is 1.84 bits per heavy atom. The number of oxime groups is 1. The molecule has 2 rings (SSSR count). The molecule has 0 aromatic heterocycles. The third-order valence-electron chi connectivity index (χ3n) is 2.95. The smallest absolute Gasteiger partial charge is 0.142 e. The first kappa shape index (κ1) is 13.3. The third-order valence-corrected chi connectivity index (χ3v) is 2.95. The van der Waals surface area contributed by atoms with Crippen molar-refractivity contribution in [2.45, 2.75) is 26.9 Å². The van der Waals surface area contributed by atoms with Gasteiger partial charge in [-0.3, -0.25) is 0 Å². The molecule has 0 N–H and O–H groups in total. The van der Waals surface area contributed by atoms with Crippen LogP contribution in [0.4, 0.5) is 0 Å². The minimum absolute atomic E-state index is 0.506. The average Bonchev–Trinajstić information content (AvgIpc) is 2.44. The SMILES string of the molecule is CCc1cccc(C=NOCc2cccc(C)c2)c1. The molecule has 2 nitrogen and oxygen atoms in total. The lowest BCUT2D eigenvalue weighted by Crippen LogP contribution is -1.89. The first-order chi connectivity index (χ1) is 9.28. The van der Waals surface area contributed by atoms with Gasteiger partial charge in [0.1, 0.15) is 6.61 Å². The van der Waals surface area contributed by atoms with Crippen molar-refractivity contribution in [3.05, 3.63) is 70.8 Å². The summed E-state index contributed by atoms with van der Waals surface area (Å²) in [6.07, 6.45) is 2.79. The number of hydrogen-bond donors (Lipinski definition) is 0. The van der Waals surface area contributed by atoms with Crippen molar-refractivity contribution in [3.8, 4) is 0 Å². The zero-order valence-corrected chi connectivity index (χ0v) is 11.5. The highest BCUT2D eigenvalue weighted by Crippen LogP contribution is 2.06. The van der Waals surface area contributed by atoms with Gasteiger partial charge in [0.15, 0.2) is 0 Å². The monoisotopic (exact) mass is 253 g/mol. The summed E-state index contributed by atoms with van der Waals surface area (Å²) in [5.74, 6) is 0. The molecule has 0 saturated heterocycles. The summed E-state index contributed by atoms with van der Waals surface area (Å²) < 4.78 is 0. The van der Waals surface area contributed by atoms with Crippen LogP contribution in [0, 0.1) is 6.92 Å². The van der Waals surface area contributed by atoms with Gasteiger partial charge in [-0.25, -0.2) is 0 Å². The fourth-order valence-electron chi connectivity index (χ4n) is 1.91. The minimum atomic E-state index is 0.506. The number of hydrogen-bond acceptors (Lipinski definition) is 2. The lowest BCUT2D eigenvalue weighted by atomic mass is 10.1. The summed E-state index contributed by atoms with van der Waals surface area (Å²) in [6.45, 7) is 4.72. The van der Waals surface area contributed by atoms with Crippen LogP contribution in [0.3, 0.4) is 0 Å². The lowest BCUT2D eigenvalue weighted by molar-refractivity contribution is 0.132. The van der Waals surface area contributed by atoms with Crippen molar-refractivity contribution < 1.29 is 4.84 Å². The molecule has 0 unspecified atom stereocenters. The van der Waals surface area contributed by atoms with E-state index in [4.69, 9.17) is 4.84 Å². The molecule has 0 aliphatic heterocycles. The van der Waals surface area contributed by atoms with Crippen LogP contribution in [0.25, 0.3) is 0 Å². The highest BCUT2D eigenvalue weighted by Gasteiger charge is 1.93. The third kappa shape index (κ3) is 4.25. The zero-order chi connectivity index (χ0) is 13.5. The maximum Gasteiger partial charge on any atom is 0.142 e. The van der Waals surface area contributed by atoms with Crippen LogP contribution in [0.1, 0.15) is 29.2 Å². The van der Waals surface area contributed by atoms with Crippen molar-refractivity contribution in [2.75, 3.05) is 0 Å². The first-order valence-electron chi connectivity index (χ1n) is 6.58. The van der Waals surface area contributed by atoms with Gasteiger partial charge in [-0.05, 0) is 30.0 Å². The standard InChI is InChI=1S/C17H19NO/c1-3-15-7-5-8-16(11-15)12-18-19-13-17-9-4-6-14(2)10-17/h4-12H,3,13H2,1-2H3. The largest absolute Gasteiger partial charge is 0.391 e. The molecule has 0 amide bonds. The molecule has 0 aliphatic carbocycles. The quantitative estimate of drug-likeness (QED) is 0.580. The zero-order valence-electron chi connectivity index (χ0n) is 11.5. The van der Waals surface area contributed by atoms with E-state index >= 15 is 0 Å². The predicted octanol–water partition coefficient (Wildman–Crippen LogP) is 4.11. The van der Waals surface area contributed by atoms with E-state index in [9.17, 15) is 0 Å². The normalized spacial score (nSPS) is 10.8. The van der Waals surface area contributed by atoms with Crippen LogP contribution in [-0.4, -0.2) is 6.21 Å². The summed E-state index contributed by atoms with van der Waals surface area (Å²) in [5, 5.41) is 4.02. The summed E-state index contributed by atoms with van der Waals surface area (Å²) in [5.41, 5.74) is 4.76. The molecule has 2 aromatic carbocycles. The fraction of sp³-hybridized carbons (Fsp3) is 0.235. The van der Waals surface area contributed by atoms with Gasteiger partial charge in [-0.1, -0.05) is 66.2 Å². The van der Waals surface area contributed by atoms with Crippen LogP contribution in [0.2, 0.25) is 0 Å². The molecule has 0 heterocycles. The summed E-state index contributed by atoms with van der Waals surface area (Å²) in [6, 6.07) is 16.6. The molecule has 0 saturated carbocycles. The van der Waals surface area contributed by atoms with E-state index in [1.54, 1.807) is 6.21 Å². The van der Waals surface area contributed by atoms with Crippen molar-refractivity contribution in [2.24, 2.45) is 5.16 Å². The molecular formula is C17H19NO.